The zero-order valence-electron chi connectivity index (χ0n) is 9.34. The average Bonchev–Trinajstić information content (AvgIpc) is 2.89. The van der Waals surface area contributed by atoms with Gasteiger partial charge in [0.05, 0.1) is 5.02 Å². The van der Waals surface area contributed by atoms with Crippen LogP contribution in [0.25, 0.3) is 0 Å². The van der Waals surface area contributed by atoms with Crippen molar-refractivity contribution in [2.24, 2.45) is 10.9 Å². The van der Waals surface area contributed by atoms with Crippen LogP contribution in [0.15, 0.2) is 40.2 Å². The largest absolute Gasteiger partial charge is 0.487 e. The van der Waals surface area contributed by atoms with Crippen LogP contribution in [0, 0.1) is 0 Å². The van der Waals surface area contributed by atoms with Crippen LogP contribution in [0.2, 0.25) is 5.02 Å². The van der Waals surface area contributed by atoms with Gasteiger partial charge in [-0.1, -0.05) is 16.8 Å². The molecule has 0 aliphatic carbocycles. The molecule has 0 aliphatic rings. The molecule has 18 heavy (non-hydrogen) atoms. The van der Waals surface area contributed by atoms with Crippen molar-refractivity contribution < 1.29 is 9.94 Å². The van der Waals surface area contributed by atoms with Crippen molar-refractivity contribution in [2.75, 3.05) is 0 Å². The van der Waals surface area contributed by atoms with Crippen LogP contribution < -0.4 is 10.5 Å². The Morgan fingerprint density at radius 1 is 1.44 bits per heavy atom. The number of thiophene rings is 1. The van der Waals surface area contributed by atoms with Gasteiger partial charge in [-0.15, -0.1) is 0 Å². The van der Waals surface area contributed by atoms with E-state index >= 15 is 0 Å². The highest BCUT2D eigenvalue weighted by Crippen LogP contribution is 2.26. The molecule has 0 amide bonds. The summed E-state index contributed by atoms with van der Waals surface area (Å²) in [7, 11) is 0. The van der Waals surface area contributed by atoms with Gasteiger partial charge in [-0.2, -0.15) is 11.3 Å². The number of hydrogen-bond donors (Lipinski definition) is 2. The van der Waals surface area contributed by atoms with E-state index < -0.39 is 0 Å². The Balaban J connectivity index is 2.10. The molecule has 1 aromatic heterocycles. The van der Waals surface area contributed by atoms with Crippen LogP contribution in [0.1, 0.15) is 11.1 Å². The predicted molar refractivity (Wildman–Crippen MR) is 72.6 cm³/mol. The van der Waals surface area contributed by atoms with E-state index in [9.17, 15) is 0 Å². The predicted octanol–water partition coefficient (Wildman–Crippen LogP) is 3.08. The summed E-state index contributed by atoms with van der Waals surface area (Å²) in [5.41, 5.74) is 7.11. The molecule has 0 unspecified atom stereocenters. The van der Waals surface area contributed by atoms with Gasteiger partial charge in [0.15, 0.2) is 5.84 Å². The van der Waals surface area contributed by atoms with Crippen LogP contribution in [0.3, 0.4) is 0 Å². The first kappa shape index (κ1) is 12.7. The monoisotopic (exact) mass is 282 g/mol. The number of hydrogen-bond acceptors (Lipinski definition) is 4. The summed E-state index contributed by atoms with van der Waals surface area (Å²) < 4.78 is 5.58. The van der Waals surface area contributed by atoms with Crippen LogP contribution >= 0.6 is 22.9 Å². The smallest absolute Gasteiger partial charge is 0.170 e. The molecular formula is C12H11ClN2O2S. The molecule has 0 fully saturated rings. The van der Waals surface area contributed by atoms with Gasteiger partial charge in [-0.3, -0.25) is 0 Å². The average molecular weight is 283 g/mol. The second kappa shape index (κ2) is 5.75. The second-order valence-corrected chi connectivity index (χ2v) is 4.74. The Hall–Kier alpha value is -1.72. The van der Waals surface area contributed by atoms with Crippen molar-refractivity contribution in [3.8, 4) is 5.75 Å². The molecule has 3 N–H and O–H groups in total. The van der Waals surface area contributed by atoms with Gasteiger partial charge in [0.2, 0.25) is 0 Å². The lowest BCUT2D eigenvalue weighted by Gasteiger charge is -2.08. The molecule has 6 heteroatoms. The summed E-state index contributed by atoms with van der Waals surface area (Å²) in [6, 6.07) is 6.97. The van der Waals surface area contributed by atoms with Gasteiger partial charge in [-0.25, -0.2) is 0 Å². The fraction of sp³-hybridized carbons (Fsp3) is 0.0833. The molecule has 2 rings (SSSR count). The lowest BCUT2D eigenvalue weighted by Crippen LogP contribution is -2.12. The van der Waals surface area contributed by atoms with Crippen LogP contribution in [-0.2, 0) is 6.61 Å². The molecule has 0 radical (unpaired) electrons. The van der Waals surface area contributed by atoms with E-state index in [4.69, 9.17) is 27.3 Å². The molecule has 0 spiro atoms. The summed E-state index contributed by atoms with van der Waals surface area (Å²) in [6.07, 6.45) is 0. The third-order valence-corrected chi connectivity index (χ3v) is 3.34. The van der Waals surface area contributed by atoms with Gasteiger partial charge >= 0.3 is 0 Å². The maximum Gasteiger partial charge on any atom is 0.170 e. The van der Waals surface area contributed by atoms with Gasteiger partial charge in [-0.05, 0) is 40.6 Å². The topological polar surface area (TPSA) is 67.8 Å². The molecule has 4 nitrogen and oxygen atoms in total. The molecule has 1 heterocycles. The second-order valence-electron chi connectivity index (χ2n) is 3.55. The van der Waals surface area contributed by atoms with Gasteiger partial charge in [0.1, 0.15) is 12.4 Å². The first-order valence-corrected chi connectivity index (χ1v) is 6.44. The molecule has 0 saturated heterocycles. The fourth-order valence-electron chi connectivity index (χ4n) is 1.37. The number of halogens is 1. The Labute approximate surface area is 113 Å². The van der Waals surface area contributed by atoms with Crippen molar-refractivity contribution >= 4 is 28.8 Å². The first-order chi connectivity index (χ1) is 8.70. The van der Waals surface area contributed by atoms with Crippen molar-refractivity contribution in [3.63, 3.8) is 0 Å². The zero-order valence-corrected chi connectivity index (χ0v) is 10.9. The third-order valence-electron chi connectivity index (χ3n) is 2.31. The fourth-order valence-corrected chi connectivity index (χ4v) is 2.26. The lowest BCUT2D eigenvalue weighted by atomic mass is 10.2. The van der Waals surface area contributed by atoms with Crippen LogP contribution in [0.5, 0.6) is 5.75 Å². The summed E-state index contributed by atoms with van der Waals surface area (Å²) >= 11 is 7.67. The summed E-state index contributed by atoms with van der Waals surface area (Å²) in [4.78, 5) is 0. The number of amidine groups is 1. The van der Waals surface area contributed by atoms with Crippen molar-refractivity contribution in [1.29, 1.82) is 0 Å². The van der Waals surface area contributed by atoms with E-state index in [1.165, 1.54) is 0 Å². The summed E-state index contributed by atoms with van der Waals surface area (Å²) in [5, 5.41) is 15.9. The van der Waals surface area contributed by atoms with Gasteiger partial charge in [0, 0.05) is 5.56 Å². The summed E-state index contributed by atoms with van der Waals surface area (Å²) in [5.74, 6) is 0.582. The van der Waals surface area contributed by atoms with Crippen LogP contribution in [-0.4, -0.2) is 11.0 Å². The molecule has 1 aromatic carbocycles. The Morgan fingerprint density at radius 3 is 2.89 bits per heavy atom. The van der Waals surface area contributed by atoms with E-state index in [2.05, 4.69) is 5.16 Å². The molecule has 0 aliphatic heterocycles. The molecule has 94 valence electrons. The number of rotatable bonds is 4. The lowest BCUT2D eigenvalue weighted by molar-refractivity contribution is 0.307. The number of nitrogens with two attached hydrogens (primary N) is 1. The summed E-state index contributed by atoms with van der Waals surface area (Å²) in [6.45, 7) is 0.464. The third kappa shape index (κ3) is 2.94. The standard InChI is InChI=1S/C12H11ClN2O2S/c13-10-5-9(12(14)15-16)1-2-11(10)17-6-8-3-4-18-7-8/h1-5,7,16H,6H2,(H2,14,15). The number of ether oxygens (including phenoxy) is 1. The quantitative estimate of drug-likeness (QED) is 0.392. The van der Waals surface area contributed by atoms with Crippen LogP contribution in [0.4, 0.5) is 0 Å². The minimum Gasteiger partial charge on any atom is -0.487 e. The zero-order chi connectivity index (χ0) is 13.0. The van der Waals surface area contributed by atoms with Crippen molar-refractivity contribution in [1.82, 2.24) is 0 Å². The maximum absolute atomic E-state index is 8.57. The Kier molecular flexibility index (Phi) is 4.07. The highest BCUT2D eigenvalue weighted by Gasteiger charge is 2.06. The van der Waals surface area contributed by atoms with Gasteiger partial charge < -0.3 is 15.7 Å². The number of benzene rings is 1. The van der Waals surface area contributed by atoms with Crippen molar-refractivity contribution in [3.05, 3.63) is 51.2 Å². The van der Waals surface area contributed by atoms with E-state index in [1.54, 1.807) is 29.5 Å². The van der Waals surface area contributed by atoms with Gasteiger partial charge in [0.25, 0.3) is 0 Å². The highest BCUT2D eigenvalue weighted by molar-refractivity contribution is 7.07. The highest BCUT2D eigenvalue weighted by atomic mass is 35.5. The normalized spacial score (nSPS) is 11.5. The van der Waals surface area contributed by atoms with E-state index in [0.29, 0.717) is 22.9 Å². The molecule has 0 atom stereocenters. The molecule has 0 saturated carbocycles. The maximum atomic E-state index is 8.57. The Morgan fingerprint density at radius 2 is 2.28 bits per heavy atom. The molecule has 2 aromatic rings. The number of nitrogens with zero attached hydrogens (tertiary/aromatic N) is 1. The first-order valence-electron chi connectivity index (χ1n) is 5.12. The Bertz CT molecular complexity index is 555. The molecular weight excluding hydrogens is 272 g/mol. The number of oxime groups is 1. The van der Waals surface area contributed by atoms with E-state index in [1.807, 2.05) is 16.8 Å². The van der Waals surface area contributed by atoms with Crippen molar-refractivity contribution in [2.45, 2.75) is 6.61 Å². The molecule has 0 bridgehead atoms. The SMILES string of the molecule is N/C(=N/O)c1ccc(OCc2ccsc2)c(Cl)c1. The minimum absolute atomic E-state index is 0.0151. The van der Waals surface area contributed by atoms with E-state index in [0.717, 1.165) is 5.56 Å². The van der Waals surface area contributed by atoms with E-state index in [-0.39, 0.29) is 5.84 Å². The minimum atomic E-state index is 0.0151.